The Bertz CT molecular complexity index is 539. The SMILES string of the molecule is CCOc1ccc2c(c1)C(C)CC(C)(C)N2C(C)C(=O)O. The number of anilines is 1. The standard InChI is InChI=1S/C17H25NO3/c1-6-21-13-7-8-15-14(9-13)11(2)10-17(4,5)18(15)12(3)16(19)20/h7-9,11-12H,6,10H2,1-5H3,(H,19,20). The Morgan fingerprint density at radius 2 is 2.19 bits per heavy atom. The van der Waals surface area contributed by atoms with E-state index in [-0.39, 0.29) is 5.54 Å². The molecule has 1 N–H and O–H groups in total. The topological polar surface area (TPSA) is 49.8 Å². The molecule has 0 bridgehead atoms. The van der Waals surface area contributed by atoms with Gasteiger partial charge in [-0.15, -0.1) is 0 Å². The summed E-state index contributed by atoms with van der Waals surface area (Å²) < 4.78 is 5.58. The molecular formula is C17H25NO3. The first-order valence-corrected chi connectivity index (χ1v) is 7.56. The molecule has 0 saturated heterocycles. The molecule has 1 aliphatic heterocycles. The number of carbonyl (C=O) groups is 1. The van der Waals surface area contributed by atoms with Crippen molar-refractivity contribution in [1.82, 2.24) is 0 Å². The smallest absolute Gasteiger partial charge is 0.326 e. The van der Waals surface area contributed by atoms with Crippen LogP contribution in [0, 0.1) is 0 Å². The fraction of sp³-hybridized carbons (Fsp3) is 0.588. The lowest BCUT2D eigenvalue weighted by atomic mass is 9.79. The van der Waals surface area contributed by atoms with E-state index in [2.05, 4.69) is 26.8 Å². The zero-order valence-electron chi connectivity index (χ0n) is 13.5. The molecule has 4 nitrogen and oxygen atoms in total. The van der Waals surface area contributed by atoms with Crippen LogP contribution in [0.5, 0.6) is 5.75 Å². The molecule has 0 spiro atoms. The Labute approximate surface area is 126 Å². The predicted molar refractivity (Wildman–Crippen MR) is 84.3 cm³/mol. The summed E-state index contributed by atoms with van der Waals surface area (Å²) in [5.41, 5.74) is 2.00. The molecule has 1 aromatic carbocycles. The maximum Gasteiger partial charge on any atom is 0.326 e. The number of carboxylic acids is 1. The van der Waals surface area contributed by atoms with Gasteiger partial charge >= 0.3 is 5.97 Å². The molecule has 0 amide bonds. The summed E-state index contributed by atoms with van der Waals surface area (Å²) in [6.45, 7) is 10.8. The Morgan fingerprint density at radius 3 is 2.76 bits per heavy atom. The van der Waals surface area contributed by atoms with Gasteiger partial charge < -0.3 is 14.7 Å². The number of hydrogen-bond acceptors (Lipinski definition) is 3. The normalized spacial score (nSPS) is 21.6. The molecule has 0 radical (unpaired) electrons. The zero-order chi connectivity index (χ0) is 15.8. The molecular weight excluding hydrogens is 266 g/mol. The lowest BCUT2D eigenvalue weighted by Crippen LogP contribution is -2.55. The summed E-state index contributed by atoms with van der Waals surface area (Å²) >= 11 is 0. The van der Waals surface area contributed by atoms with Crippen molar-refractivity contribution in [1.29, 1.82) is 0 Å². The molecule has 116 valence electrons. The van der Waals surface area contributed by atoms with E-state index in [0.29, 0.717) is 12.5 Å². The summed E-state index contributed by atoms with van der Waals surface area (Å²) in [5, 5.41) is 9.43. The number of fused-ring (bicyclic) bond motifs is 1. The second-order valence-electron chi connectivity index (χ2n) is 6.46. The van der Waals surface area contributed by atoms with E-state index in [0.717, 1.165) is 17.9 Å². The van der Waals surface area contributed by atoms with Crippen LogP contribution in [0.1, 0.15) is 52.5 Å². The first-order valence-electron chi connectivity index (χ1n) is 7.56. The maximum atomic E-state index is 11.5. The Balaban J connectivity index is 2.52. The summed E-state index contributed by atoms with van der Waals surface area (Å²) in [5.74, 6) is 0.441. The lowest BCUT2D eigenvalue weighted by Gasteiger charge is -2.49. The van der Waals surface area contributed by atoms with Gasteiger partial charge in [-0.3, -0.25) is 0 Å². The third-order valence-electron chi connectivity index (χ3n) is 4.30. The van der Waals surface area contributed by atoms with Gasteiger partial charge in [0.1, 0.15) is 11.8 Å². The van der Waals surface area contributed by atoms with E-state index < -0.39 is 12.0 Å². The molecule has 1 aliphatic rings. The third-order valence-corrected chi connectivity index (χ3v) is 4.30. The van der Waals surface area contributed by atoms with Crippen molar-refractivity contribution in [3.05, 3.63) is 23.8 Å². The van der Waals surface area contributed by atoms with Gasteiger partial charge in [0.15, 0.2) is 0 Å². The number of rotatable bonds is 4. The number of nitrogens with zero attached hydrogens (tertiary/aromatic N) is 1. The van der Waals surface area contributed by atoms with E-state index in [1.165, 1.54) is 5.56 Å². The van der Waals surface area contributed by atoms with Gasteiger partial charge in [0.2, 0.25) is 0 Å². The average molecular weight is 291 g/mol. The van der Waals surface area contributed by atoms with Gasteiger partial charge in [-0.25, -0.2) is 4.79 Å². The second-order valence-corrected chi connectivity index (χ2v) is 6.46. The van der Waals surface area contributed by atoms with E-state index in [1.807, 2.05) is 24.0 Å². The van der Waals surface area contributed by atoms with Gasteiger partial charge in [-0.2, -0.15) is 0 Å². The lowest BCUT2D eigenvalue weighted by molar-refractivity contribution is -0.138. The van der Waals surface area contributed by atoms with E-state index in [9.17, 15) is 9.90 Å². The quantitative estimate of drug-likeness (QED) is 0.920. The minimum Gasteiger partial charge on any atom is -0.494 e. The minimum absolute atomic E-state index is 0.183. The number of carboxylic acid groups (broad SMARTS) is 1. The molecule has 0 saturated carbocycles. The number of benzene rings is 1. The molecule has 0 fully saturated rings. The van der Waals surface area contributed by atoms with E-state index in [1.54, 1.807) is 6.92 Å². The Kier molecular flexibility index (Phi) is 4.17. The van der Waals surface area contributed by atoms with E-state index >= 15 is 0 Å². The van der Waals surface area contributed by atoms with Crippen LogP contribution in [0.3, 0.4) is 0 Å². The molecule has 2 unspecified atom stereocenters. The summed E-state index contributed by atoms with van der Waals surface area (Å²) in [4.78, 5) is 13.5. The van der Waals surface area contributed by atoms with Crippen LogP contribution in [0.4, 0.5) is 5.69 Å². The highest BCUT2D eigenvalue weighted by Gasteiger charge is 2.40. The van der Waals surface area contributed by atoms with Crippen molar-refractivity contribution in [2.75, 3.05) is 11.5 Å². The molecule has 0 aliphatic carbocycles. The number of ether oxygens (including phenoxy) is 1. The minimum atomic E-state index is -0.794. The van der Waals surface area contributed by atoms with Crippen LogP contribution in [0.25, 0.3) is 0 Å². The molecule has 21 heavy (non-hydrogen) atoms. The molecule has 4 heteroatoms. The summed E-state index contributed by atoms with van der Waals surface area (Å²) in [7, 11) is 0. The Morgan fingerprint density at radius 1 is 1.52 bits per heavy atom. The molecule has 0 aromatic heterocycles. The first kappa shape index (κ1) is 15.7. The van der Waals surface area contributed by atoms with Crippen LogP contribution in [0.15, 0.2) is 18.2 Å². The van der Waals surface area contributed by atoms with Crippen LogP contribution >= 0.6 is 0 Å². The monoisotopic (exact) mass is 291 g/mol. The first-order chi connectivity index (χ1) is 9.77. The number of aliphatic carboxylic acids is 1. The molecule has 2 atom stereocenters. The Hall–Kier alpha value is -1.71. The molecule has 1 heterocycles. The van der Waals surface area contributed by atoms with Crippen LogP contribution < -0.4 is 9.64 Å². The van der Waals surface area contributed by atoms with Crippen LogP contribution in [0.2, 0.25) is 0 Å². The predicted octanol–water partition coefficient (Wildman–Crippen LogP) is 3.65. The highest BCUT2D eigenvalue weighted by molar-refractivity contribution is 5.79. The highest BCUT2D eigenvalue weighted by Crippen LogP contribution is 2.45. The fourth-order valence-electron chi connectivity index (χ4n) is 3.53. The third kappa shape index (κ3) is 2.85. The van der Waals surface area contributed by atoms with Gasteiger partial charge in [0.25, 0.3) is 0 Å². The highest BCUT2D eigenvalue weighted by atomic mass is 16.5. The van der Waals surface area contributed by atoms with Crippen molar-refractivity contribution in [3.63, 3.8) is 0 Å². The molecule has 2 rings (SSSR count). The van der Waals surface area contributed by atoms with Crippen LogP contribution in [-0.2, 0) is 4.79 Å². The van der Waals surface area contributed by atoms with Crippen molar-refractivity contribution in [2.45, 2.75) is 58.5 Å². The molecule has 1 aromatic rings. The largest absolute Gasteiger partial charge is 0.494 e. The fourth-order valence-corrected chi connectivity index (χ4v) is 3.53. The van der Waals surface area contributed by atoms with Gasteiger partial charge in [0, 0.05) is 11.2 Å². The van der Waals surface area contributed by atoms with Crippen molar-refractivity contribution < 1.29 is 14.6 Å². The summed E-state index contributed by atoms with van der Waals surface area (Å²) in [6, 6.07) is 5.43. The number of hydrogen-bond donors (Lipinski definition) is 1. The van der Waals surface area contributed by atoms with Crippen LogP contribution in [-0.4, -0.2) is 29.3 Å². The average Bonchev–Trinajstić information content (AvgIpc) is 2.38. The maximum absolute atomic E-state index is 11.5. The second kappa shape index (κ2) is 5.58. The zero-order valence-corrected chi connectivity index (χ0v) is 13.5. The van der Waals surface area contributed by atoms with Crippen molar-refractivity contribution in [3.8, 4) is 5.75 Å². The van der Waals surface area contributed by atoms with Gasteiger partial charge in [0.05, 0.1) is 6.61 Å². The van der Waals surface area contributed by atoms with Gasteiger partial charge in [-0.05, 0) is 63.8 Å². The van der Waals surface area contributed by atoms with E-state index in [4.69, 9.17) is 4.74 Å². The van der Waals surface area contributed by atoms with Crippen molar-refractivity contribution in [2.24, 2.45) is 0 Å². The van der Waals surface area contributed by atoms with Crippen molar-refractivity contribution >= 4 is 11.7 Å². The summed E-state index contributed by atoms with van der Waals surface area (Å²) in [6.07, 6.45) is 0.924. The van der Waals surface area contributed by atoms with Gasteiger partial charge in [-0.1, -0.05) is 6.92 Å².